The van der Waals surface area contributed by atoms with Crippen LogP contribution >= 0.6 is 11.6 Å². The van der Waals surface area contributed by atoms with Crippen molar-refractivity contribution in [2.75, 3.05) is 6.61 Å². The number of halogens is 1. The normalized spacial score (nSPS) is 14.8. The van der Waals surface area contributed by atoms with Crippen LogP contribution < -0.4 is 5.32 Å². The molecule has 2 nitrogen and oxygen atoms in total. The van der Waals surface area contributed by atoms with E-state index < -0.39 is 0 Å². The van der Waals surface area contributed by atoms with Crippen molar-refractivity contribution in [2.45, 2.75) is 38.8 Å². The average molecular weight is 242 g/mol. The van der Waals surface area contributed by atoms with Gasteiger partial charge in [0.2, 0.25) is 0 Å². The Bertz CT molecular complexity index is 299. The van der Waals surface area contributed by atoms with E-state index in [4.69, 9.17) is 16.7 Å². The van der Waals surface area contributed by atoms with Crippen molar-refractivity contribution < 1.29 is 5.11 Å². The van der Waals surface area contributed by atoms with Crippen molar-refractivity contribution in [3.63, 3.8) is 0 Å². The predicted molar refractivity (Wildman–Crippen MR) is 68.8 cm³/mol. The topological polar surface area (TPSA) is 32.3 Å². The summed E-state index contributed by atoms with van der Waals surface area (Å²) in [5, 5.41) is 13.2. The third-order valence-electron chi connectivity index (χ3n) is 2.83. The van der Waals surface area contributed by atoms with Gasteiger partial charge in [-0.1, -0.05) is 30.7 Å². The molecule has 1 aromatic rings. The maximum absolute atomic E-state index is 8.93. The van der Waals surface area contributed by atoms with Crippen LogP contribution in [0.1, 0.15) is 38.3 Å². The summed E-state index contributed by atoms with van der Waals surface area (Å²) in [4.78, 5) is 0. The monoisotopic (exact) mass is 241 g/mol. The lowest BCUT2D eigenvalue weighted by molar-refractivity contribution is 0.257. The zero-order valence-corrected chi connectivity index (χ0v) is 10.7. The number of benzene rings is 1. The minimum atomic E-state index is 0.235. The van der Waals surface area contributed by atoms with Gasteiger partial charge in [-0.25, -0.2) is 0 Å². The van der Waals surface area contributed by atoms with Gasteiger partial charge in [-0.3, -0.25) is 0 Å². The lowest BCUT2D eigenvalue weighted by Crippen LogP contribution is -2.31. The summed E-state index contributed by atoms with van der Waals surface area (Å²) >= 11 is 5.85. The smallest absolute Gasteiger partial charge is 0.0445 e. The van der Waals surface area contributed by atoms with Crippen molar-refractivity contribution in [1.29, 1.82) is 0 Å². The van der Waals surface area contributed by atoms with Gasteiger partial charge in [-0.15, -0.1) is 0 Å². The van der Waals surface area contributed by atoms with Crippen LogP contribution in [0.25, 0.3) is 0 Å². The largest absolute Gasteiger partial charge is 0.396 e. The van der Waals surface area contributed by atoms with Crippen LogP contribution in [0.3, 0.4) is 0 Å². The fraction of sp³-hybridized carbons (Fsp3) is 0.538. The standard InChI is InChI=1S/C13H20ClNO/c1-3-13(8-9-16)15-10(2)11-4-6-12(14)7-5-11/h4-7,10,13,15-16H,3,8-9H2,1-2H3. The van der Waals surface area contributed by atoms with Gasteiger partial charge in [0.05, 0.1) is 0 Å². The molecule has 0 amide bonds. The highest BCUT2D eigenvalue weighted by Gasteiger charge is 2.10. The lowest BCUT2D eigenvalue weighted by Gasteiger charge is -2.22. The molecule has 0 aliphatic heterocycles. The fourth-order valence-corrected chi connectivity index (χ4v) is 1.89. The predicted octanol–water partition coefficient (Wildman–Crippen LogP) is 3.15. The Kier molecular flexibility index (Phi) is 5.81. The molecule has 1 rings (SSSR count). The number of aliphatic hydroxyl groups is 1. The van der Waals surface area contributed by atoms with Gasteiger partial charge in [0.25, 0.3) is 0 Å². The highest BCUT2D eigenvalue weighted by Crippen LogP contribution is 2.17. The number of hydrogen-bond donors (Lipinski definition) is 2. The van der Waals surface area contributed by atoms with Crippen molar-refractivity contribution >= 4 is 11.6 Å². The molecule has 2 unspecified atom stereocenters. The minimum absolute atomic E-state index is 0.235. The molecule has 0 aliphatic rings. The number of rotatable bonds is 6. The molecule has 16 heavy (non-hydrogen) atoms. The van der Waals surface area contributed by atoms with Crippen LogP contribution in [-0.2, 0) is 0 Å². The Hall–Kier alpha value is -0.570. The van der Waals surface area contributed by atoms with Crippen LogP contribution in [0.2, 0.25) is 5.02 Å². The molecule has 0 heterocycles. The molecule has 0 saturated heterocycles. The zero-order chi connectivity index (χ0) is 12.0. The van der Waals surface area contributed by atoms with Gasteiger partial charge in [0.15, 0.2) is 0 Å². The quantitative estimate of drug-likeness (QED) is 0.802. The Morgan fingerprint density at radius 3 is 2.44 bits per heavy atom. The summed E-state index contributed by atoms with van der Waals surface area (Å²) in [6.45, 7) is 4.49. The fourth-order valence-electron chi connectivity index (χ4n) is 1.76. The summed E-state index contributed by atoms with van der Waals surface area (Å²) in [6.07, 6.45) is 1.83. The molecule has 0 aliphatic carbocycles. The summed E-state index contributed by atoms with van der Waals surface area (Å²) in [6, 6.07) is 8.53. The van der Waals surface area contributed by atoms with Crippen LogP contribution in [0.4, 0.5) is 0 Å². The Morgan fingerprint density at radius 2 is 1.94 bits per heavy atom. The van der Waals surface area contributed by atoms with Gasteiger partial charge < -0.3 is 10.4 Å². The van der Waals surface area contributed by atoms with E-state index in [1.165, 1.54) is 5.56 Å². The molecule has 3 heteroatoms. The van der Waals surface area contributed by atoms with Gasteiger partial charge in [0.1, 0.15) is 0 Å². The van der Waals surface area contributed by atoms with E-state index in [0.717, 1.165) is 17.9 Å². The molecule has 2 atom stereocenters. The summed E-state index contributed by atoms with van der Waals surface area (Å²) < 4.78 is 0. The molecule has 1 aromatic carbocycles. The summed E-state index contributed by atoms with van der Waals surface area (Å²) in [5.41, 5.74) is 1.22. The van der Waals surface area contributed by atoms with Crippen molar-refractivity contribution in [3.05, 3.63) is 34.9 Å². The maximum atomic E-state index is 8.93. The molecular weight excluding hydrogens is 222 g/mol. The molecule has 0 saturated carbocycles. The first kappa shape index (κ1) is 13.5. The van der Waals surface area contributed by atoms with Gasteiger partial charge >= 0.3 is 0 Å². The Balaban J connectivity index is 2.56. The third-order valence-corrected chi connectivity index (χ3v) is 3.08. The lowest BCUT2D eigenvalue weighted by atomic mass is 10.1. The summed E-state index contributed by atoms with van der Waals surface area (Å²) in [7, 11) is 0. The highest BCUT2D eigenvalue weighted by atomic mass is 35.5. The second-order valence-corrected chi connectivity index (χ2v) is 4.49. The molecule has 0 fully saturated rings. The molecule has 2 N–H and O–H groups in total. The van der Waals surface area contributed by atoms with E-state index in [1.54, 1.807) is 0 Å². The highest BCUT2D eigenvalue weighted by molar-refractivity contribution is 6.30. The maximum Gasteiger partial charge on any atom is 0.0445 e. The average Bonchev–Trinajstić information content (AvgIpc) is 2.29. The number of hydrogen-bond acceptors (Lipinski definition) is 2. The Morgan fingerprint density at radius 1 is 1.31 bits per heavy atom. The number of aliphatic hydroxyl groups excluding tert-OH is 1. The van der Waals surface area contributed by atoms with Gasteiger partial charge in [-0.05, 0) is 37.5 Å². The van der Waals surface area contributed by atoms with Crippen molar-refractivity contribution in [2.24, 2.45) is 0 Å². The first-order valence-electron chi connectivity index (χ1n) is 5.79. The van der Waals surface area contributed by atoms with Crippen molar-refractivity contribution in [3.8, 4) is 0 Å². The third kappa shape index (κ3) is 4.12. The van der Waals surface area contributed by atoms with Gasteiger partial charge in [-0.2, -0.15) is 0 Å². The van der Waals surface area contributed by atoms with E-state index in [2.05, 4.69) is 19.2 Å². The van der Waals surface area contributed by atoms with Crippen LogP contribution in [0.5, 0.6) is 0 Å². The van der Waals surface area contributed by atoms with E-state index in [0.29, 0.717) is 6.04 Å². The van der Waals surface area contributed by atoms with E-state index in [9.17, 15) is 0 Å². The van der Waals surface area contributed by atoms with Crippen molar-refractivity contribution in [1.82, 2.24) is 5.32 Å². The van der Waals surface area contributed by atoms with Crippen LogP contribution in [0.15, 0.2) is 24.3 Å². The van der Waals surface area contributed by atoms with E-state index in [1.807, 2.05) is 24.3 Å². The van der Waals surface area contributed by atoms with Crippen LogP contribution in [-0.4, -0.2) is 17.8 Å². The summed E-state index contributed by atoms with van der Waals surface area (Å²) in [5.74, 6) is 0. The van der Waals surface area contributed by atoms with Crippen LogP contribution in [0, 0.1) is 0 Å². The van der Waals surface area contributed by atoms with Gasteiger partial charge in [0, 0.05) is 23.7 Å². The first-order valence-corrected chi connectivity index (χ1v) is 6.17. The number of nitrogens with one attached hydrogen (secondary N) is 1. The molecule has 0 radical (unpaired) electrons. The first-order chi connectivity index (χ1) is 7.67. The molecule has 0 spiro atoms. The minimum Gasteiger partial charge on any atom is -0.396 e. The Labute approximate surface area is 103 Å². The second-order valence-electron chi connectivity index (χ2n) is 4.06. The molecular formula is C13H20ClNO. The zero-order valence-electron chi connectivity index (χ0n) is 9.91. The van der Waals surface area contributed by atoms with E-state index in [-0.39, 0.29) is 12.6 Å². The molecule has 0 bridgehead atoms. The molecule has 90 valence electrons. The second kappa shape index (κ2) is 6.89. The van der Waals surface area contributed by atoms with E-state index >= 15 is 0 Å². The molecule has 0 aromatic heterocycles. The SMILES string of the molecule is CCC(CCO)NC(C)c1ccc(Cl)cc1.